The minimum Gasteiger partial charge on any atom is -0.475 e. The normalized spacial score (nSPS) is 18.6. The number of halogens is 4. The second-order valence-electron chi connectivity index (χ2n) is 9.78. The van der Waals surface area contributed by atoms with Gasteiger partial charge in [-0.15, -0.1) is 0 Å². The van der Waals surface area contributed by atoms with Crippen LogP contribution < -0.4 is 5.32 Å². The first-order valence-electron chi connectivity index (χ1n) is 12.8. The Morgan fingerprint density at radius 3 is 2.23 bits per heavy atom. The summed E-state index contributed by atoms with van der Waals surface area (Å²) >= 11 is 6.04. The van der Waals surface area contributed by atoms with Crippen molar-refractivity contribution >= 4 is 29.4 Å². The Morgan fingerprint density at radius 1 is 1.05 bits per heavy atom. The molecular formula is C27H32ClF3N4O4. The molecule has 2 aliphatic rings. The van der Waals surface area contributed by atoms with Gasteiger partial charge in [0.25, 0.3) is 11.8 Å². The fraction of sp³-hybridized carbons (Fsp3) is 0.481. The third-order valence-corrected chi connectivity index (χ3v) is 7.21. The molecule has 12 heteroatoms. The smallest absolute Gasteiger partial charge is 0.475 e. The molecule has 39 heavy (non-hydrogen) atoms. The monoisotopic (exact) mass is 568 g/mol. The lowest BCUT2D eigenvalue weighted by molar-refractivity contribution is -0.192. The van der Waals surface area contributed by atoms with Crippen LogP contribution in [0.5, 0.6) is 0 Å². The second kappa shape index (κ2) is 13.7. The van der Waals surface area contributed by atoms with Gasteiger partial charge in [-0.05, 0) is 68.5 Å². The number of carboxylic acid groups (broad SMARTS) is 1. The Morgan fingerprint density at radius 2 is 1.67 bits per heavy atom. The molecule has 0 aliphatic carbocycles. The van der Waals surface area contributed by atoms with Crippen LogP contribution in [0.4, 0.5) is 13.2 Å². The van der Waals surface area contributed by atoms with E-state index in [4.69, 9.17) is 21.5 Å². The number of rotatable bonds is 5. The van der Waals surface area contributed by atoms with Crippen LogP contribution in [-0.2, 0) is 11.3 Å². The molecule has 2 amide bonds. The molecule has 1 aromatic carbocycles. The Bertz CT molecular complexity index is 1140. The maximum Gasteiger partial charge on any atom is 0.490 e. The van der Waals surface area contributed by atoms with E-state index in [0.29, 0.717) is 28.9 Å². The second-order valence-corrected chi connectivity index (χ2v) is 10.1. The zero-order valence-electron chi connectivity index (χ0n) is 21.6. The van der Waals surface area contributed by atoms with Gasteiger partial charge in [0, 0.05) is 55.1 Å². The van der Waals surface area contributed by atoms with Crippen molar-refractivity contribution in [2.45, 2.75) is 51.4 Å². The summed E-state index contributed by atoms with van der Waals surface area (Å²) in [6.07, 6.45) is 1.22. The summed E-state index contributed by atoms with van der Waals surface area (Å²) in [6.45, 7) is 6.61. The average Bonchev–Trinajstić information content (AvgIpc) is 2.92. The Labute approximate surface area is 230 Å². The minimum absolute atomic E-state index is 0.0459. The molecule has 3 heterocycles. The standard InChI is InChI=1S/C25H31ClN4O2.C2HF3O2/c1-18-4-3-13-30(17-18)22-10-14-29(15-11-22)25(32)20-8-6-19(7-9-20)24(31)28-16-21-5-2-12-27-23(21)26;3-2(4,5)1(6)7/h2,5-9,12,18,22H,3-4,10-11,13-17H2,1H3,(H,28,31);(H,6,7)/t18-;/m1./s1. The van der Waals surface area contributed by atoms with Gasteiger partial charge >= 0.3 is 12.1 Å². The lowest BCUT2D eigenvalue weighted by Crippen LogP contribution is -2.49. The van der Waals surface area contributed by atoms with Crippen LogP contribution >= 0.6 is 11.6 Å². The fourth-order valence-electron chi connectivity index (χ4n) is 4.77. The maximum atomic E-state index is 13.0. The van der Waals surface area contributed by atoms with Crippen LogP contribution in [0.1, 0.15) is 58.9 Å². The highest BCUT2D eigenvalue weighted by molar-refractivity contribution is 6.30. The fourth-order valence-corrected chi connectivity index (χ4v) is 4.95. The van der Waals surface area contributed by atoms with Crippen molar-refractivity contribution in [3.63, 3.8) is 0 Å². The lowest BCUT2D eigenvalue weighted by Gasteiger charge is -2.41. The number of aliphatic carboxylic acids is 1. The van der Waals surface area contributed by atoms with E-state index in [9.17, 15) is 22.8 Å². The number of amides is 2. The molecule has 0 spiro atoms. The summed E-state index contributed by atoms with van der Waals surface area (Å²) in [7, 11) is 0. The predicted octanol–water partition coefficient (Wildman–Crippen LogP) is 4.63. The van der Waals surface area contributed by atoms with E-state index < -0.39 is 12.1 Å². The largest absolute Gasteiger partial charge is 0.490 e. The Hall–Kier alpha value is -3.18. The van der Waals surface area contributed by atoms with Gasteiger partial charge in [-0.25, -0.2) is 9.78 Å². The number of nitrogens with one attached hydrogen (secondary N) is 1. The summed E-state index contributed by atoms with van der Waals surface area (Å²) in [4.78, 5) is 42.9. The van der Waals surface area contributed by atoms with Crippen LogP contribution in [0.3, 0.4) is 0 Å². The Balaban J connectivity index is 0.000000532. The van der Waals surface area contributed by atoms with E-state index >= 15 is 0 Å². The molecule has 2 fully saturated rings. The molecule has 0 unspecified atom stereocenters. The van der Waals surface area contributed by atoms with Crippen LogP contribution in [0, 0.1) is 5.92 Å². The number of carbonyl (C=O) groups excluding carboxylic acids is 2. The van der Waals surface area contributed by atoms with Crippen LogP contribution in [0.2, 0.25) is 5.15 Å². The summed E-state index contributed by atoms with van der Waals surface area (Å²) in [6, 6.07) is 11.1. The summed E-state index contributed by atoms with van der Waals surface area (Å²) in [5, 5.41) is 10.4. The van der Waals surface area contributed by atoms with Crippen molar-refractivity contribution in [2.24, 2.45) is 5.92 Å². The summed E-state index contributed by atoms with van der Waals surface area (Å²) in [5.41, 5.74) is 1.90. The highest BCUT2D eigenvalue weighted by atomic mass is 35.5. The van der Waals surface area contributed by atoms with Crippen molar-refractivity contribution in [2.75, 3.05) is 26.2 Å². The van der Waals surface area contributed by atoms with Crippen molar-refractivity contribution in [3.05, 3.63) is 64.4 Å². The topological polar surface area (TPSA) is 103 Å². The van der Waals surface area contributed by atoms with Crippen molar-refractivity contribution in [3.8, 4) is 0 Å². The third kappa shape index (κ3) is 8.93. The van der Waals surface area contributed by atoms with Gasteiger partial charge in [0.2, 0.25) is 0 Å². The third-order valence-electron chi connectivity index (χ3n) is 6.87. The molecule has 8 nitrogen and oxygen atoms in total. The van der Waals surface area contributed by atoms with Gasteiger partial charge in [-0.1, -0.05) is 24.6 Å². The summed E-state index contributed by atoms with van der Waals surface area (Å²) < 4.78 is 31.7. The van der Waals surface area contributed by atoms with E-state index in [0.717, 1.165) is 37.4 Å². The van der Waals surface area contributed by atoms with Crippen molar-refractivity contribution in [1.82, 2.24) is 20.1 Å². The molecule has 1 atom stereocenters. The zero-order valence-corrected chi connectivity index (χ0v) is 22.3. The van der Waals surface area contributed by atoms with Gasteiger partial charge in [0.15, 0.2) is 0 Å². The number of nitrogens with zero attached hydrogens (tertiary/aromatic N) is 3. The number of likely N-dealkylation sites (tertiary alicyclic amines) is 2. The molecule has 212 valence electrons. The number of carboxylic acids is 1. The van der Waals surface area contributed by atoms with E-state index in [-0.39, 0.29) is 11.8 Å². The molecule has 4 rings (SSSR count). The first-order valence-corrected chi connectivity index (χ1v) is 13.1. The number of alkyl halides is 3. The Kier molecular flexibility index (Phi) is 10.7. The van der Waals surface area contributed by atoms with Crippen LogP contribution in [0.25, 0.3) is 0 Å². The zero-order chi connectivity index (χ0) is 28.6. The average molecular weight is 569 g/mol. The van der Waals surface area contributed by atoms with Gasteiger partial charge in [-0.3, -0.25) is 14.5 Å². The van der Waals surface area contributed by atoms with E-state index in [1.807, 2.05) is 11.0 Å². The molecule has 1 aromatic heterocycles. The van der Waals surface area contributed by atoms with Crippen molar-refractivity contribution < 1.29 is 32.7 Å². The molecule has 2 saturated heterocycles. The number of pyridine rings is 1. The van der Waals surface area contributed by atoms with Crippen LogP contribution in [-0.4, -0.2) is 76.1 Å². The first kappa shape index (κ1) is 30.4. The molecule has 2 N–H and O–H groups in total. The van der Waals surface area contributed by atoms with E-state index in [2.05, 4.69) is 22.1 Å². The molecule has 0 saturated carbocycles. The van der Waals surface area contributed by atoms with Gasteiger partial charge < -0.3 is 15.3 Å². The lowest BCUT2D eigenvalue weighted by atomic mass is 9.95. The molecule has 2 aromatic rings. The van der Waals surface area contributed by atoms with Gasteiger partial charge in [-0.2, -0.15) is 13.2 Å². The molecule has 2 aliphatic heterocycles. The molecular weight excluding hydrogens is 537 g/mol. The predicted molar refractivity (Wildman–Crippen MR) is 139 cm³/mol. The van der Waals surface area contributed by atoms with E-state index in [1.165, 1.54) is 25.9 Å². The van der Waals surface area contributed by atoms with Gasteiger partial charge in [0.05, 0.1) is 0 Å². The number of hydrogen-bond acceptors (Lipinski definition) is 5. The molecule has 0 bridgehead atoms. The van der Waals surface area contributed by atoms with Crippen LogP contribution in [0.15, 0.2) is 42.6 Å². The number of benzene rings is 1. The first-order chi connectivity index (χ1) is 18.5. The number of piperidine rings is 2. The summed E-state index contributed by atoms with van der Waals surface area (Å²) in [5.74, 6) is -2.14. The highest BCUT2D eigenvalue weighted by Gasteiger charge is 2.38. The van der Waals surface area contributed by atoms with Gasteiger partial charge in [0.1, 0.15) is 5.15 Å². The minimum atomic E-state index is -5.08. The SMILES string of the molecule is C[C@@H]1CCCN(C2CCN(C(=O)c3ccc(C(=O)NCc4cccnc4Cl)cc3)CC2)C1.O=C(O)C(F)(F)F. The molecule has 0 radical (unpaired) electrons. The maximum absolute atomic E-state index is 13.0. The number of carbonyl (C=O) groups is 3. The van der Waals surface area contributed by atoms with E-state index in [1.54, 1.807) is 36.5 Å². The number of hydrogen-bond donors (Lipinski definition) is 2. The quantitative estimate of drug-likeness (QED) is 0.510. The van der Waals surface area contributed by atoms with Crippen molar-refractivity contribution in [1.29, 1.82) is 0 Å². The highest BCUT2D eigenvalue weighted by Crippen LogP contribution is 2.24. The number of aromatic nitrogens is 1.